The van der Waals surface area contributed by atoms with Crippen molar-refractivity contribution in [1.82, 2.24) is 5.32 Å². The van der Waals surface area contributed by atoms with Crippen molar-refractivity contribution in [2.24, 2.45) is 0 Å². The first kappa shape index (κ1) is 48.0. The molecule has 0 bridgehead atoms. The van der Waals surface area contributed by atoms with Gasteiger partial charge in [0.05, 0.1) is 25.4 Å². The Morgan fingerprint density at radius 2 is 1.08 bits per heavy atom. The van der Waals surface area contributed by atoms with E-state index >= 15 is 0 Å². The fourth-order valence-electron chi connectivity index (χ4n) is 6.86. The number of unbranched alkanes of at least 4 members (excludes halogenated alkanes) is 25. The first-order valence-corrected chi connectivity index (χ1v) is 21.4. The molecule has 0 unspecified atom stereocenters. The molecule has 0 radical (unpaired) electrons. The van der Waals surface area contributed by atoms with Gasteiger partial charge in [0.1, 0.15) is 24.4 Å². The van der Waals surface area contributed by atoms with Crippen molar-refractivity contribution in [3.05, 3.63) is 12.2 Å². The number of nitrogens with one attached hydrogen (secondary N) is 1. The number of carbonyl (C=O) groups excluding carboxylic acids is 1. The molecule has 1 fully saturated rings. The number of hydrogen-bond donors (Lipinski definition) is 6. The molecule has 1 aliphatic heterocycles. The maximum absolute atomic E-state index is 12.9. The third kappa shape index (κ3) is 24.8. The molecule has 7 atom stereocenters. The molecule has 1 heterocycles. The summed E-state index contributed by atoms with van der Waals surface area (Å²) in [5.41, 5.74) is 0. The zero-order valence-corrected chi connectivity index (χ0v) is 32.9. The van der Waals surface area contributed by atoms with Gasteiger partial charge in [-0.15, -0.1) is 0 Å². The lowest BCUT2D eigenvalue weighted by atomic mass is 9.99. The van der Waals surface area contributed by atoms with Crippen molar-refractivity contribution >= 4 is 5.91 Å². The van der Waals surface area contributed by atoms with Crippen molar-refractivity contribution < 1.29 is 39.8 Å². The minimum Gasteiger partial charge on any atom is -0.394 e. The lowest BCUT2D eigenvalue weighted by molar-refractivity contribution is -0.302. The summed E-state index contributed by atoms with van der Waals surface area (Å²) < 4.78 is 11.2. The summed E-state index contributed by atoms with van der Waals surface area (Å²) in [5, 5.41) is 54.0. The monoisotopic (exact) mass is 728 g/mol. The third-order valence-corrected chi connectivity index (χ3v) is 10.4. The molecule has 1 saturated heterocycles. The van der Waals surface area contributed by atoms with Crippen LogP contribution in [-0.2, 0) is 14.3 Å². The van der Waals surface area contributed by atoms with Gasteiger partial charge in [0.15, 0.2) is 6.29 Å². The molecule has 1 aliphatic rings. The number of amides is 1. The Morgan fingerprint density at radius 1 is 0.647 bits per heavy atom. The molecule has 9 heteroatoms. The highest BCUT2D eigenvalue weighted by atomic mass is 16.7. The van der Waals surface area contributed by atoms with Gasteiger partial charge < -0.3 is 40.3 Å². The zero-order chi connectivity index (χ0) is 37.4. The number of aliphatic hydroxyl groups is 5. The van der Waals surface area contributed by atoms with Crippen LogP contribution in [0.4, 0.5) is 0 Å². The summed E-state index contributed by atoms with van der Waals surface area (Å²) >= 11 is 0. The number of ether oxygens (including phenoxy) is 2. The Bertz CT molecular complexity index is 812. The van der Waals surface area contributed by atoms with Gasteiger partial charge in [0, 0.05) is 6.42 Å². The lowest BCUT2D eigenvalue weighted by Gasteiger charge is -2.40. The lowest BCUT2D eigenvalue weighted by Crippen LogP contribution is -2.60. The summed E-state index contributed by atoms with van der Waals surface area (Å²) in [6.45, 7) is 3.76. The van der Waals surface area contributed by atoms with Crippen LogP contribution >= 0.6 is 0 Å². The second-order valence-electron chi connectivity index (χ2n) is 15.1. The second kappa shape index (κ2) is 33.5. The van der Waals surface area contributed by atoms with Crippen LogP contribution in [0.5, 0.6) is 0 Å². The Labute approximate surface area is 312 Å². The number of hydrogen-bond acceptors (Lipinski definition) is 8. The average molecular weight is 728 g/mol. The van der Waals surface area contributed by atoms with E-state index in [1.54, 1.807) is 6.08 Å². The van der Waals surface area contributed by atoms with E-state index in [2.05, 4.69) is 19.2 Å². The van der Waals surface area contributed by atoms with Crippen molar-refractivity contribution in [2.45, 2.75) is 236 Å². The molecule has 0 spiro atoms. The Balaban J connectivity index is 2.39. The molecule has 0 aromatic carbocycles. The maximum atomic E-state index is 12.9. The largest absolute Gasteiger partial charge is 0.394 e. The molecule has 0 aromatic rings. The Hall–Kier alpha value is -1.07. The van der Waals surface area contributed by atoms with Crippen molar-refractivity contribution in [3.63, 3.8) is 0 Å². The first-order valence-electron chi connectivity index (χ1n) is 21.4. The molecule has 302 valence electrons. The summed E-state index contributed by atoms with van der Waals surface area (Å²) in [6, 6.07) is -0.796. The minimum atomic E-state index is -1.56. The summed E-state index contributed by atoms with van der Waals surface area (Å²) in [7, 11) is 0. The second-order valence-corrected chi connectivity index (χ2v) is 15.1. The highest BCUT2D eigenvalue weighted by Crippen LogP contribution is 2.22. The summed E-state index contributed by atoms with van der Waals surface area (Å²) in [6.07, 6.45) is 29.6. The van der Waals surface area contributed by atoms with Crippen LogP contribution in [0, 0.1) is 0 Å². The molecule has 6 N–H and O–H groups in total. The van der Waals surface area contributed by atoms with Gasteiger partial charge in [0.2, 0.25) is 5.91 Å². The van der Waals surface area contributed by atoms with Gasteiger partial charge in [0.25, 0.3) is 0 Å². The fourth-order valence-corrected chi connectivity index (χ4v) is 6.86. The van der Waals surface area contributed by atoms with E-state index in [1.807, 2.05) is 6.08 Å². The quantitative estimate of drug-likeness (QED) is 0.0283. The van der Waals surface area contributed by atoms with E-state index in [4.69, 9.17) is 9.47 Å². The van der Waals surface area contributed by atoms with Gasteiger partial charge in [-0.1, -0.05) is 180 Å². The van der Waals surface area contributed by atoms with E-state index in [0.29, 0.717) is 6.42 Å². The van der Waals surface area contributed by atoms with E-state index in [9.17, 15) is 30.3 Å². The third-order valence-electron chi connectivity index (χ3n) is 10.4. The predicted molar refractivity (Wildman–Crippen MR) is 207 cm³/mol. The molecular weight excluding hydrogens is 646 g/mol. The van der Waals surface area contributed by atoms with Crippen LogP contribution in [-0.4, -0.2) is 87.5 Å². The Morgan fingerprint density at radius 3 is 1.53 bits per heavy atom. The fraction of sp³-hybridized carbons (Fsp3) is 0.929. The smallest absolute Gasteiger partial charge is 0.220 e. The van der Waals surface area contributed by atoms with E-state index in [0.717, 1.165) is 38.5 Å². The van der Waals surface area contributed by atoms with Crippen molar-refractivity contribution in [1.29, 1.82) is 0 Å². The van der Waals surface area contributed by atoms with E-state index in [-0.39, 0.29) is 12.5 Å². The van der Waals surface area contributed by atoms with Gasteiger partial charge in [-0.05, 0) is 19.3 Å². The molecule has 1 amide bonds. The first-order chi connectivity index (χ1) is 24.8. The average Bonchev–Trinajstić information content (AvgIpc) is 3.13. The van der Waals surface area contributed by atoms with Gasteiger partial charge in [-0.2, -0.15) is 0 Å². The van der Waals surface area contributed by atoms with Gasteiger partial charge in [-0.25, -0.2) is 0 Å². The van der Waals surface area contributed by atoms with Crippen LogP contribution in [0.1, 0.15) is 194 Å². The number of carbonyl (C=O) groups is 1. The molecule has 51 heavy (non-hydrogen) atoms. The standard InChI is InChI=1S/C42H81NO8/c1-3-5-7-9-11-13-15-17-18-20-22-24-26-28-30-32-38(46)43-35(34-50-42-41(49)40(48)39(47)37(33-44)51-42)36(45)31-29-27-25-23-21-19-16-14-12-10-8-6-4-2/h29,31,35-37,39-42,44-45,47-49H,3-28,30,32-34H2,1-2H3,(H,43,46)/t35-,36+,37-,39+,40+,41-,42-/m1/s1. The summed E-state index contributed by atoms with van der Waals surface area (Å²) in [5.74, 6) is -0.176. The maximum Gasteiger partial charge on any atom is 0.220 e. The predicted octanol–water partition coefficient (Wildman–Crippen LogP) is 8.17. The van der Waals surface area contributed by atoms with Gasteiger partial charge >= 0.3 is 0 Å². The SMILES string of the molecule is CCCCCCCCCCCCCC=C[C@H](O)[C@@H](CO[C@@H]1O[C@H](CO)[C@H](O)[C@H](O)[C@H]1O)NC(=O)CCCCCCCCCCCCCCCCC. The molecule has 9 nitrogen and oxygen atoms in total. The van der Waals surface area contributed by atoms with Crippen molar-refractivity contribution in [3.8, 4) is 0 Å². The van der Waals surface area contributed by atoms with Crippen LogP contribution in [0.15, 0.2) is 12.2 Å². The van der Waals surface area contributed by atoms with Crippen LogP contribution in [0.2, 0.25) is 0 Å². The highest BCUT2D eigenvalue weighted by molar-refractivity contribution is 5.76. The van der Waals surface area contributed by atoms with Crippen molar-refractivity contribution in [2.75, 3.05) is 13.2 Å². The molecule has 0 aromatic heterocycles. The van der Waals surface area contributed by atoms with E-state index in [1.165, 1.54) is 135 Å². The molecular formula is C42H81NO8. The zero-order valence-electron chi connectivity index (χ0n) is 32.9. The topological polar surface area (TPSA) is 149 Å². The molecule has 1 rings (SSSR count). The highest BCUT2D eigenvalue weighted by Gasteiger charge is 2.44. The summed E-state index contributed by atoms with van der Waals surface area (Å²) in [4.78, 5) is 12.9. The molecule has 0 saturated carbocycles. The number of allylic oxidation sites excluding steroid dienone is 1. The van der Waals surface area contributed by atoms with Crippen LogP contribution in [0.3, 0.4) is 0 Å². The van der Waals surface area contributed by atoms with Crippen LogP contribution in [0.25, 0.3) is 0 Å². The number of aliphatic hydroxyl groups excluding tert-OH is 5. The van der Waals surface area contributed by atoms with Gasteiger partial charge in [-0.3, -0.25) is 4.79 Å². The Kier molecular flexibility index (Phi) is 31.5. The minimum absolute atomic E-state index is 0.176. The van der Waals surface area contributed by atoms with E-state index < -0.39 is 49.5 Å². The molecule has 0 aliphatic carbocycles. The van der Waals surface area contributed by atoms with Crippen LogP contribution < -0.4 is 5.32 Å². The normalized spacial score (nSPS) is 22.1. The number of rotatable bonds is 35.